The van der Waals surface area contributed by atoms with Crippen molar-refractivity contribution in [3.05, 3.63) is 35.9 Å². The molecule has 170 valence electrons. The van der Waals surface area contributed by atoms with E-state index in [9.17, 15) is 0 Å². The maximum atomic E-state index is 4.47. The van der Waals surface area contributed by atoms with Gasteiger partial charge in [0.2, 0.25) is 0 Å². The molecule has 1 saturated carbocycles. The van der Waals surface area contributed by atoms with E-state index in [0.29, 0.717) is 12.1 Å². The number of guanidine groups is 1. The average Bonchev–Trinajstić information content (AvgIpc) is 2.78. The van der Waals surface area contributed by atoms with Crippen molar-refractivity contribution in [3.63, 3.8) is 0 Å². The van der Waals surface area contributed by atoms with E-state index >= 15 is 0 Å². The summed E-state index contributed by atoms with van der Waals surface area (Å²) in [6.07, 6.45) is 9.56. The van der Waals surface area contributed by atoms with E-state index < -0.39 is 0 Å². The van der Waals surface area contributed by atoms with Crippen LogP contribution < -0.4 is 10.6 Å². The second-order valence-electron chi connectivity index (χ2n) is 8.95. The molecule has 1 aliphatic heterocycles. The summed E-state index contributed by atoms with van der Waals surface area (Å²) in [5, 5.41) is 7.21. The Balaban J connectivity index is 0.00000320. The summed E-state index contributed by atoms with van der Waals surface area (Å²) in [4.78, 5) is 9.60. The number of hydrogen-bond donors (Lipinski definition) is 2. The van der Waals surface area contributed by atoms with Crippen molar-refractivity contribution in [3.8, 4) is 0 Å². The SMILES string of the molecule is CN=C(NCC(C)N(C)Cc1ccccc1)NC1CCN(C2CCCCC2)CC1.I. The van der Waals surface area contributed by atoms with Gasteiger partial charge in [0.1, 0.15) is 0 Å². The molecule has 5 nitrogen and oxygen atoms in total. The summed E-state index contributed by atoms with van der Waals surface area (Å²) in [6.45, 7) is 6.59. The minimum atomic E-state index is 0. The second-order valence-corrected chi connectivity index (χ2v) is 8.95. The summed E-state index contributed by atoms with van der Waals surface area (Å²) in [5.41, 5.74) is 1.36. The van der Waals surface area contributed by atoms with E-state index in [1.165, 1.54) is 63.6 Å². The van der Waals surface area contributed by atoms with Crippen molar-refractivity contribution < 1.29 is 0 Å². The zero-order chi connectivity index (χ0) is 20.5. The minimum Gasteiger partial charge on any atom is -0.355 e. The van der Waals surface area contributed by atoms with Crippen LogP contribution in [0.4, 0.5) is 0 Å². The molecule has 6 heteroatoms. The lowest BCUT2D eigenvalue weighted by molar-refractivity contribution is 0.119. The van der Waals surface area contributed by atoms with Crippen molar-refractivity contribution in [1.82, 2.24) is 20.4 Å². The first-order valence-corrected chi connectivity index (χ1v) is 11.6. The van der Waals surface area contributed by atoms with Gasteiger partial charge in [0, 0.05) is 51.4 Å². The predicted molar refractivity (Wildman–Crippen MR) is 139 cm³/mol. The number of piperidine rings is 1. The lowest BCUT2D eigenvalue weighted by atomic mass is 9.92. The van der Waals surface area contributed by atoms with E-state index in [4.69, 9.17) is 0 Å². The third kappa shape index (κ3) is 8.00. The Kier molecular flexibility index (Phi) is 11.5. The van der Waals surface area contributed by atoms with Crippen LogP contribution in [0.15, 0.2) is 35.3 Å². The topological polar surface area (TPSA) is 42.9 Å². The molecule has 1 aromatic rings. The minimum absolute atomic E-state index is 0. The zero-order valence-electron chi connectivity index (χ0n) is 19.1. The van der Waals surface area contributed by atoms with Crippen LogP contribution in [-0.2, 0) is 6.54 Å². The maximum Gasteiger partial charge on any atom is 0.191 e. The molecule has 3 rings (SSSR count). The molecule has 1 unspecified atom stereocenters. The van der Waals surface area contributed by atoms with Gasteiger partial charge in [-0.1, -0.05) is 49.6 Å². The molecule has 0 spiro atoms. The number of benzene rings is 1. The summed E-state index contributed by atoms with van der Waals surface area (Å²) < 4.78 is 0. The van der Waals surface area contributed by atoms with Crippen LogP contribution in [0, 0.1) is 0 Å². The van der Waals surface area contributed by atoms with Gasteiger partial charge in [-0.15, -0.1) is 24.0 Å². The van der Waals surface area contributed by atoms with Crippen LogP contribution in [0.3, 0.4) is 0 Å². The molecule has 2 fully saturated rings. The van der Waals surface area contributed by atoms with Crippen LogP contribution in [0.5, 0.6) is 0 Å². The summed E-state index contributed by atoms with van der Waals surface area (Å²) in [6, 6.07) is 12.5. The molecule has 1 saturated heterocycles. The highest BCUT2D eigenvalue weighted by atomic mass is 127. The first-order chi connectivity index (χ1) is 14.2. The third-order valence-electron chi connectivity index (χ3n) is 6.78. The van der Waals surface area contributed by atoms with E-state index in [1.54, 1.807) is 0 Å². The Bertz CT molecular complexity index is 609. The highest BCUT2D eigenvalue weighted by Crippen LogP contribution is 2.25. The molecule has 0 bridgehead atoms. The number of halogens is 1. The van der Waals surface area contributed by atoms with Crippen LogP contribution in [0.25, 0.3) is 0 Å². The fraction of sp³-hybridized carbons (Fsp3) is 0.708. The van der Waals surface area contributed by atoms with Gasteiger partial charge in [-0.25, -0.2) is 0 Å². The van der Waals surface area contributed by atoms with Crippen LogP contribution in [0.1, 0.15) is 57.4 Å². The molecule has 0 radical (unpaired) electrons. The van der Waals surface area contributed by atoms with Crippen LogP contribution >= 0.6 is 24.0 Å². The van der Waals surface area contributed by atoms with Gasteiger partial charge in [0.25, 0.3) is 0 Å². The lowest BCUT2D eigenvalue weighted by Gasteiger charge is -2.39. The standard InChI is InChI=1S/C24H41N5.HI/c1-20(28(3)19-21-10-6-4-7-11-21)18-26-24(25-2)27-22-14-16-29(17-15-22)23-12-8-5-9-13-23;/h4,6-7,10-11,20,22-23H,5,8-9,12-19H2,1-3H3,(H2,25,26,27);1H. The van der Waals surface area contributed by atoms with Gasteiger partial charge in [-0.3, -0.25) is 9.89 Å². The molecule has 2 aliphatic rings. The number of likely N-dealkylation sites (N-methyl/N-ethyl adjacent to an activating group) is 1. The summed E-state index contributed by atoms with van der Waals surface area (Å²) in [5.74, 6) is 0.945. The van der Waals surface area contributed by atoms with Crippen LogP contribution in [0.2, 0.25) is 0 Å². The van der Waals surface area contributed by atoms with Crippen molar-refractivity contribution >= 4 is 29.9 Å². The number of likely N-dealkylation sites (tertiary alicyclic amines) is 1. The van der Waals surface area contributed by atoms with E-state index in [0.717, 1.165) is 25.1 Å². The molecular weight excluding hydrogens is 485 g/mol. The van der Waals surface area contributed by atoms with Crippen molar-refractivity contribution in [1.29, 1.82) is 0 Å². The summed E-state index contributed by atoms with van der Waals surface area (Å²) in [7, 11) is 4.07. The van der Waals surface area contributed by atoms with Gasteiger partial charge in [0.15, 0.2) is 5.96 Å². The van der Waals surface area contributed by atoms with Crippen LogP contribution in [-0.4, -0.2) is 67.6 Å². The molecule has 2 N–H and O–H groups in total. The molecule has 1 aliphatic carbocycles. The highest BCUT2D eigenvalue weighted by molar-refractivity contribution is 14.0. The highest BCUT2D eigenvalue weighted by Gasteiger charge is 2.26. The normalized spacial score (nSPS) is 20.6. The van der Waals surface area contributed by atoms with Gasteiger partial charge in [-0.2, -0.15) is 0 Å². The Hall–Kier alpha value is -0.860. The van der Waals surface area contributed by atoms with Crippen molar-refractivity contribution in [2.24, 2.45) is 4.99 Å². The molecule has 0 aromatic heterocycles. The zero-order valence-corrected chi connectivity index (χ0v) is 21.5. The van der Waals surface area contributed by atoms with Gasteiger partial charge in [0.05, 0.1) is 0 Å². The van der Waals surface area contributed by atoms with Gasteiger partial charge >= 0.3 is 0 Å². The Morgan fingerprint density at radius 2 is 1.77 bits per heavy atom. The first-order valence-electron chi connectivity index (χ1n) is 11.6. The lowest BCUT2D eigenvalue weighted by Crippen LogP contribution is -2.52. The Morgan fingerprint density at radius 1 is 1.10 bits per heavy atom. The molecule has 1 atom stereocenters. The smallest absolute Gasteiger partial charge is 0.191 e. The fourth-order valence-corrected chi connectivity index (χ4v) is 4.67. The maximum absolute atomic E-state index is 4.47. The van der Waals surface area contributed by atoms with E-state index in [1.807, 2.05) is 7.05 Å². The van der Waals surface area contributed by atoms with E-state index in [-0.39, 0.29) is 24.0 Å². The number of nitrogens with zero attached hydrogens (tertiary/aromatic N) is 3. The Morgan fingerprint density at radius 3 is 2.40 bits per heavy atom. The van der Waals surface area contributed by atoms with Crippen molar-refractivity contribution in [2.45, 2.75) is 76.5 Å². The van der Waals surface area contributed by atoms with Crippen molar-refractivity contribution in [2.75, 3.05) is 33.7 Å². The monoisotopic (exact) mass is 527 g/mol. The Labute approximate surface area is 201 Å². The number of rotatable bonds is 7. The molecule has 1 aromatic carbocycles. The molecule has 0 amide bonds. The predicted octanol–water partition coefficient (Wildman–Crippen LogP) is 4.09. The summed E-state index contributed by atoms with van der Waals surface area (Å²) >= 11 is 0. The van der Waals surface area contributed by atoms with Gasteiger partial charge in [-0.05, 0) is 45.2 Å². The number of hydrogen-bond acceptors (Lipinski definition) is 3. The van der Waals surface area contributed by atoms with Gasteiger partial charge < -0.3 is 15.5 Å². The molecular formula is C24H42IN5. The second kappa shape index (κ2) is 13.5. The molecule has 30 heavy (non-hydrogen) atoms. The fourth-order valence-electron chi connectivity index (χ4n) is 4.67. The quantitative estimate of drug-likeness (QED) is 0.319. The van der Waals surface area contributed by atoms with E-state index in [2.05, 4.69) is 69.7 Å². The first kappa shape index (κ1) is 25.4. The molecule has 1 heterocycles. The number of aliphatic imine (C=N–C) groups is 1. The largest absolute Gasteiger partial charge is 0.355 e. The third-order valence-corrected chi connectivity index (χ3v) is 6.78. The average molecular weight is 528 g/mol. The number of nitrogens with one attached hydrogen (secondary N) is 2.